The normalized spacial score (nSPS) is 25.6. The van der Waals surface area contributed by atoms with Gasteiger partial charge in [0.25, 0.3) is 0 Å². The standard InChI is InChI=1S/C11H14FNO/c1-14-11-3-2-8(12)6-10(11)7-4-9(13)5-7/h2-3,6-7,9H,4-5,13H2,1H3. The Morgan fingerprint density at radius 1 is 1.43 bits per heavy atom. The quantitative estimate of drug-likeness (QED) is 0.783. The molecule has 3 heteroatoms. The molecule has 0 unspecified atom stereocenters. The van der Waals surface area contributed by atoms with E-state index in [0.717, 1.165) is 24.2 Å². The van der Waals surface area contributed by atoms with Gasteiger partial charge in [-0.05, 0) is 37.0 Å². The van der Waals surface area contributed by atoms with E-state index in [2.05, 4.69) is 0 Å². The van der Waals surface area contributed by atoms with E-state index >= 15 is 0 Å². The fourth-order valence-corrected chi connectivity index (χ4v) is 1.94. The molecule has 0 aliphatic heterocycles. The fourth-order valence-electron chi connectivity index (χ4n) is 1.94. The summed E-state index contributed by atoms with van der Waals surface area (Å²) in [7, 11) is 1.61. The van der Waals surface area contributed by atoms with E-state index < -0.39 is 0 Å². The van der Waals surface area contributed by atoms with E-state index in [1.54, 1.807) is 19.2 Å². The Morgan fingerprint density at radius 3 is 2.71 bits per heavy atom. The van der Waals surface area contributed by atoms with Gasteiger partial charge in [0.15, 0.2) is 0 Å². The van der Waals surface area contributed by atoms with Gasteiger partial charge in [-0.25, -0.2) is 4.39 Å². The summed E-state index contributed by atoms with van der Waals surface area (Å²) < 4.78 is 18.2. The topological polar surface area (TPSA) is 35.2 Å². The van der Waals surface area contributed by atoms with Crippen molar-refractivity contribution in [3.05, 3.63) is 29.6 Å². The number of halogens is 1. The third-order valence-electron chi connectivity index (χ3n) is 2.81. The molecule has 1 aliphatic rings. The molecule has 1 aromatic carbocycles. The molecule has 1 fully saturated rings. The van der Waals surface area contributed by atoms with Crippen molar-refractivity contribution in [1.29, 1.82) is 0 Å². The monoisotopic (exact) mass is 195 g/mol. The number of hydrogen-bond donors (Lipinski definition) is 1. The van der Waals surface area contributed by atoms with Crippen LogP contribution >= 0.6 is 0 Å². The summed E-state index contributed by atoms with van der Waals surface area (Å²) in [6, 6.07) is 4.91. The predicted octanol–water partition coefficient (Wildman–Crippen LogP) is 2.04. The molecule has 0 amide bonds. The van der Waals surface area contributed by atoms with Crippen molar-refractivity contribution in [2.45, 2.75) is 24.8 Å². The van der Waals surface area contributed by atoms with Crippen LogP contribution in [0, 0.1) is 5.82 Å². The first-order chi connectivity index (χ1) is 6.70. The molecule has 0 saturated heterocycles. The van der Waals surface area contributed by atoms with Crippen LogP contribution in [0.3, 0.4) is 0 Å². The number of rotatable bonds is 2. The molecule has 0 heterocycles. The molecular weight excluding hydrogens is 181 g/mol. The number of ether oxygens (including phenoxy) is 1. The molecule has 2 rings (SSSR count). The molecule has 1 aliphatic carbocycles. The van der Waals surface area contributed by atoms with Gasteiger partial charge in [-0.3, -0.25) is 0 Å². The van der Waals surface area contributed by atoms with E-state index in [1.165, 1.54) is 6.07 Å². The molecular formula is C11H14FNO. The molecule has 0 atom stereocenters. The Labute approximate surface area is 82.9 Å². The lowest BCUT2D eigenvalue weighted by Crippen LogP contribution is -2.34. The van der Waals surface area contributed by atoms with Crippen LogP contribution in [-0.2, 0) is 0 Å². The maximum atomic E-state index is 13.0. The number of benzene rings is 1. The first-order valence-electron chi connectivity index (χ1n) is 4.79. The van der Waals surface area contributed by atoms with Gasteiger partial charge in [-0.1, -0.05) is 0 Å². The van der Waals surface area contributed by atoms with Crippen LogP contribution in [0.15, 0.2) is 18.2 Å². The molecule has 1 saturated carbocycles. The smallest absolute Gasteiger partial charge is 0.123 e. The van der Waals surface area contributed by atoms with Crippen molar-refractivity contribution < 1.29 is 9.13 Å². The molecule has 2 nitrogen and oxygen atoms in total. The van der Waals surface area contributed by atoms with Gasteiger partial charge in [0, 0.05) is 11.6 Å². The highest BCUT2D eigenvalue weighted by Gasteiger charge is 2.29. The predicted molar refractivity (Wildman–Crippen MR) is 52.9 cm³/mol. The molecule has 0 aromatic heterocycles. The van der Waals surface area contributed by atoms with Crippen molar-refractivity contribution in [2.24, 2.45) is 5.73 Å². The molecule has 0 bridgehead atoms. The molecule has 1 aromatic rings. The van der Waals surface area contributed by atoms with Gasteiger partial charge in [0.05, 0.1) is 7.11 Å². The van der Waals surface area contributed by atoms with Gasteiger partial charge < -0.3 is 10.5 Å². The third-order valence-corrected chi connectivity index (χ3v) is 2.81. The largest absolute Gasteiger partial charge is 0.496 e. The van der Waals surface area contributed by atoms with Crippen molar-refractivity contribution in [2.75, 3.05) is 7.11 Å². The highest BCUT2D eigenvalue weighted by molar-refractivity contribution is 5.38. The second kappa shape index (κ2) is 3.58. The highest BCUT2D eigenvalue weighted by Crippen LogP contribution is 2.40. The van der Waals surface area contributed by atoms with Crippen LogP contribution in [0.5, 0.6) is 5.75 Å². The average molecular weight is 195 g/mol. The minimum atomic E-state index is -0.207. The molecule has 0 radical (unpaired) electrons. The van der Waals surface area contributed by atoms with E-state index in [0.29, 0.717) is 5.92 Å². The summed E-state index contributed by atoms with van der Waals surface area (Å²) in [6.07, 6.45) is 1.86. The van der Waals surface area contributed by atoms with Crippen LogP contribution in [0.25, 0.3) is 0 Å². The summed E-state index contributed by atoms with van der Waals surface area (Å²) in [6.45, 7) is 0. The van der Waals surface area contributed by atoms with Crippen molar-refractivity contribution in [3.8, 4) is 5.75 Å². The summed E-state index contributed by atoms with van der Waals surface area (Å²) in [4.78, 5) is 0. The average Bonchev–Trinajstić information content (AvgIpc) is 2.13. The number of nitrogens with two attached hydrogens (primary N) is 1. The summed E-state index contributed by atoms with van der Waals surface area (Å²) >= 11 is 0. The van der Waals surface area contributed by atoms with Gasteiger partial charge in [0.1, 0.15) is 11.6 Å². The Hall–Kier alpha value is -1.09. The van der Waals surface area contributed by atoms with Crippen molar-refractivity contribution in [3.63, 3.8) is 0 Å². The molecule has 76 valence electrons. The summed E-state index contributed by atoms with van der Waals surface area (Å²) in [5.74, 6) is 0.931. The lowest BCUT2D eigenvalue weighted by Gasteiger charge is -2.33. The maximum Gasteiger partial charge on any atom is 0.123 e. The SMILES string of the molecule is COc1ccc(F)cc1C1CC(N)C1. The Morgan fingerprint density at radius 2 is 2.14 bits per heavy atom. The van der Waals surface area contributed by atoms with Crippen molar-refractivity contribution >= 4 is 0 Å². The minimum Gasteiger partial charge on any atom is -0.496 e. The van der Waals surface area contributed by atoms with E-state index in [9.17, 15) is 4.39 Å². The maximum absolute atomic E-state index is 13.0. The van der Waals surface area contributed by atoms with Crippen LogP contribution in [0.1, 0.15) is 24.3 Å². The van der Waals surface area contributed by atoms with E-state index in [4.69, 9.17) is 10.5 Å². The van der Waals surface area contributed by atoms with Gasteiger partial charge in [-0.2, -0.15) is 0 Å². The zero-order valence-electron chi connectivity index (χ0n) is 8.16. The second-order valence-corrected chi connectivity index (χ2v) is 3.81. The lowest BCUT2D eigenvalue weighted by molar-refractivity contribution is 0.332. The molecule has 2 N–H and O–H groups in total. The first kappa shape index (κ1) is 9.46. The minimum absolute atomic E-state index is 0.207. The van der Waals surface area contributed by atoms with E-state index in [1.807, 2.05) is 0 Å². The van der Waals surface area contributed by atoms with Crippen LogP contribution < -0.4 is 10.5 Å². The van der Waals surface area contributed by atoms with Gasteiger partial charge >= 0.3 is 0 Å². The van der Waals surface area contributed by atoms with Crippen molar-refractivity contribution in [1.82, 2.24) is 0 Å². The summed E-state index contributed by atoms with van der Waals surface area (Å²) in [5, 5.41) is 0. The first-order valence-corrected chi connectivity index (χ1v) is 4.79. The van der Waals surface area contributed by atoms with Crippen LogP contribution in [-0.4, -0.2) is 13.2 Å². The zero-order chi connectivity index (χ0) is 10.1. The lowest BCUT2D eigenvalue weighted by atomic mass is 9.76. The zero-order valence-corrected chi connectivity index (χ0v) is 8.16. The summed E-state index contributed by atoms with van der Waals surface area (Å²) in [5.41, 5.74) is 6.65. The van der Waals surface area contributed by atoms with Gasteiger partial charge in [0.2, 0.25) is 0 Å². The third kappa shape index (κ3) is 1.60. The Balaban J connectivity index is 2.26. The Bertz CT molecular complexity index is 334. The Kier molecular flexibility index (Phi) is 2.42. The van der Waals surface area contributed by atoms with Crippen LogP contribution in [0.2, 0.25) is 0 Å². The molecule has 14 heavy (non-hydrogen) atoms. The van der Waals surface area contributed by atoms with Gasteiger partial charge in [-0.15, -0.1) is 0 Å². The highest BCUT2D eigenvalue weighted by atomic mass is 19.1. The van der Waals surface area contributed by atoms with Crippen LogP contribution in [0.4, 0.5) is 4.39 Å². The number of methoxy groups -OCH3 is 1. The van der Waals surface area contributed by atoms with E-state index in [-0.39, 0.29) is 11.9 Å². The molecule has 0 spiro atoms. The fraction of sp³-hybridized carbons (Fsp3) is 0.455. The number of hydrogen-bond acceptors (Lipinski definition) is 2. The second-order valence-electron chi connectivity index (χ2n) is 3.81.